The summed E-state index contributed by atoms with van der Waals surface area (Å²) in [6.45, 7) is 0.754. The fourth-order valence-corrected chi connectivity index (χ4v) is 3.89. The van der Waals surface area contributed by atoms with E-state index in [0.29, 0.717) is 30.8 Å². The smallest absolute Gasteiger partial charge is 0.319 e. The number of rotatable bonds is 8. The first-order chi connectivity index (χ1) is 16.1. The summed E-state index contributed by atoms with van der Waals surface area (Å²) in [4.78, 5) is 39.4. The Kier molecular flexibility index (Phi) is 6.80. The van der Waals surface area contributed by atoms with Crippen molar-refractivity contribution in [3.05, 3.63) is 101 Å². The maximum absolute atomic E-state index is 12.9. The molecule has 1 heterocycles. The number of ether oxygens (including phenoxy) is 1. The van der Waals surface area contributed by atoms with E-state index in [1.54, 1.807) is 25.3 Å². The van der Waals surface area contributed by atoms with Crippen molar-refractivity contribution in [1.29, 1.82) is 0 Å². The van der Waals surface area contributed by atoms with Crippen LogP contribution in [0.15, 0.2) is 78.9 Å². The minimum absolute atomic E-state index is 0.290. The van der Waals surface area contributed by atoms with Crippen molar-refractivity contribution < 1.29 is 19.1 Å². The Bertz CT molecular complexity index is 1110. The number of nitrogens with zero attached hydrogens (tertiary/aromatic N) is 1. The third-order valence-electron chi connectivity index (χ3n) is 5.50. The molecule has 0 saturated carbocycles. The third-order valence-corrected chi connectivity index (χ3v) is 5.50. The summed E-state index contributed by atoms with van der Waals surface area (Å²) in [6.07, 6.45) is 0.565. The van der Waals surface area contributed by atoms with E-state index in [-0.39, 0.29) is 23.4 Å². The van der Waals surface area contributed by atoms with Gasteiger partial charge >= 0.3 is 6.03 Å². The van der Waals surface area contributed by atoms with Crippen LogP contribution in [-0.2, 0) is 4.74 Å². The minimum Gasteiger partial charge on any atom is -0.385 e. The predicted molar refractivity (Wildman–Crippen MR) is 125 cm³/mol. The molecule has 1 aliphatic rings. The van der Waals surface area contributed by atoms with Gasteiger partial charge in [-0.05, 0) is 35.7 Å². The van der Waals surface area contributed by atoms with E-state index < -0.39 is 6.03 Å². The number of methoxy groups -OCH3 is 1. The highest BCUT2D eigenvalue weighted by atomic mass is 16.5. The fraction of sp³-hybridized carbons (Fsp3) is 0.192. The van der Waals surface area contributed by atoms with Crippen LogP contribution in [0.2, 0.25) is 0 Å². The molecule has 0 bridgehead atoms. The van der Waals surface area contributed by atoms with Gasteiger partial charge in [0, 0.05) is 25.9 Å². The van der Waals surface area contributed by atoms with Gasteiger partial charge in [0.1, 0.15) is 0 Å². The first-order valence-electron chi connectivity index (χ1n) is 10.7. The van der Waals surface area contributed by atoms with Gasteiger partial charge < -0.3 is 15.4 Å². The van der Waals surface area contributed by atoms with E-state index in [4.69, 9.17) is 4.74 Å². The van der Waals surface area contributed by atoms with E-state index >= 15 is 0 Å². The number of benzene rings is 3. The number of urea groups is 1. The number of fused-ring (bicyclic) bond motifs is 1. The fourth-order valence-electron chi connectivity index (χ4n) is 3.89. The molecule has 0 aliphatic carbocycles. The van der Waals surface area contributed by atoms with E-state index in [1.807, 2.05) is 60.7 Å². The SMILES string of the molecule is COCCCN1C(=O)c2ccc(NC(=O)NC(c3ccccc3)c3ccccc3)cc2C1=O. The Hall–Kier alpha value is -3.97. The van der Waals surface area contributed by atoms with Crippen molar-refractivity contribution in [3.63, 3.8) is 0 Å². The number of anilines is 1. The molecule has 3 aromatic rings. The standard InChI is InChI=1S/C26H25N3O4/c1-33-16-8-15-29-24(30)21-14-13-20(17-22(21)25(29)31)27-26(32)28-23(18-9-4-2-5-10-18)19-11-6-3-7-12-19/h2-7,9-14,17,23H,8,15-16H2,1H3,(H2,27,28,32). The maximum atomic E-state index is 12.9. The maximum Gasteiger partial charge on any atom is 0.319 e. The summed E-state index contributed by atoms with van der Waals surface area (Å²) in [7, 11) is 1.57. The van der Waals surface area contributed by atoms with Gasteiger partial charge in [-0.3, -0.25) is 14.5 Å². The monoisotopic (exact) mass is 443 g/mol. The number of hydrogen-bond donors (Lipinski definition) is 2. The highest BCUT2D eigenvalue weighted by molar-refractivity contribution is 6.21. The first-order valence-corrected chi connectivity index (χ1v) is 10.7. The predicted octanol–water partition coefficient (Wildman–Crippen LogP) is 4.23. The van der Waals surface area contributed by atoms with Crippen LogP contribution in [0.3, 0.4) is 0 Å². The molecule has 4 rings (SSSR count). The van der Waals surface area contributed by atoms with E-state index in [9.17, 15) is 14.4 Å². The van der Waals surface area contributed by atoms with Crippen LogP contribution < -0.4 is 10.6 Å². The zero-order valence-electron chi connectivity index (χ0n) is 18.3. The molecule has 0 atom stereocenters. The zero-order chi connectivity index (χ0) is 23.2. The number of carbonyl (C=O) groups is 3. The second kappa shape index (κ2) is 10.1. The number of nitrogens with one attached hydrogen (secondary N) is 2. The van der Waals surface area contributed by atoms with Crippen LogP contribution in [0, 0.1) is 0 Å². The van der Waals surface area contributed by atoms with Gasteiger partial charge in [0.25, 0.3) is 11.8 Å². The molecule has 0 saturated heterocycles. The van der Waals surface area contributed by atoms with E-state index in [1.165, 1.54) is 4.90 Å². The van der Waals surface area contributed by atoms with Gasteiger partial charge in [-0.1, -0.05) is 60.7 Å². The van der Waals surface area contributed by atoms with Crippen LogP contribution >= 0.6 is 0 Å². The molecule has 4 amide bonds. The second-order valence-corrected chi connectivity index (χ2v) is 7.72. The average molecular weight is 444 g/mol. The highest BCUT2D eigenvalue weighted by Crippen LogP contribution is 2.27. The molecule has 0 unspecified atom stereocenters. The molecule has 33 heavy (non-hydrogen) atoms. The molecule has 7 nitrogen and oxygen atoms in total. The third kappa shape index (κ3) is 4.94. The lowest BCUT2D eigenvalue weighted by Crippen LogP contribution is -2.33. The molecular formula is C26H25N3O4. The van der Waals surface area contributed by atoms with Gasteiger partial charge in [0.05, 0.1) is 17.2 Å². The summed E-state index contributed by atoms with van der Waals surface area (Å²) >= 11 is 0. The van der Waals surface area contributed by atoms with E-state index in [0.717, 1.165) is 11.1 Å². The van der Waals surface area contributed by atoms with Crippen molar-refractivity contribution in [2.45, 2.75) is 12.5 Å². The van der Waals surface area contributed by atoms with Crippen molar-refractivity contribution in [1.82, 2.24) is 10.2 Å². The Morgan fingerprint density at radius 3 is 2.09 bits per heavy atom. The van der Waals surface area contributed by atoms with Crippen LogP contribution in [0.1, 0.15) is 44.3 Å². The number of imide groups is 1. The lowest BCUT2D eigenvalue weighted by molar-refractivity contribution is 0.0638. The molecule has 0 spiro atoms. The minimum atomic E-state index is -0.415. The lowest BCUT2D eigenvalue weighted by atomic mass is 9.99. The number of amides is 4. The molecule has 2 N–H and O–H groups in total. The van der Waals surface area contributed by atoms with Gasteiger partial charge in [0.2, 0.25) is 0 Å². The molecule has 0 radical (unpaired) electrons. The molecule has 3 aromatic carbocycles. The summed E-state index contributed by atoms with van der Waals surface area (Å²) in [6, 6.07) is 23.3. The van der Waals surface area contributed by atoms with E-state index in [2.05, 4.69) is 10.6 Å². The van der Waals surface area contributed by atoms with Crippen LogP contribution in [-0.4, -0.2) is 43.0 Å². The average Bonchev–Trinajstić information content (AvgIpc) is 3.08. The summed E-state index contributed by atoms with van der Waals surface area (Å²) < 4.78 is 5.00. The van der Waals surface area contributed by atoms with Gasteiger partial charge in [0.15, 0.2) is 0 Å². The summed E-state index contributed by atoms with van der Waals surface area (Å²) in [5, 5.41) is 5.79. The van der Waals surface area contributed by atoms with Gasteiger partial charge in [-0.2, -0.15) is 0 Å². The van der Waals surface area contributed by atoms with Gasteiger partial charge in [-0.15, -0.1) is 0 Å². The topological polar surface area (TPSA) is 87.7 Å². The van der Waals surface area contributed by atoms with Gasteiger partial charge in [-0.25, -0.2) is 4.79 Å². The summed E-state index contributed by atoms with van der Waals surface area (Å²) in [5.41, 5.74) is 2.96. The Morgan fingerprint density at radius 2 is 1.48 bits per heavy atom. The molecule has 1 aliphatic heterocycles. The van der Waals surface area contributed by atoms with Crippen LogP contribution in [0.25, 0.3) is 0 Å². The quantitative estimate of drug-likeness (QED) is 0.403. The molecule has 0 aromatic heterocycles. The molecule has 7 heteroatoms. The van der Waals surface area contributed by atoms with Crippen LogP contribution in [0.5, 0.6) is 0 Å². The lowest BCUT2D eigenvalue weighted by Gasteiger charge is -2.20. The van der Waals surface area contributed by atoms with Crippen molar-refractivity contribution >= 4 is 23.5 Å². The van der Waals surface area contributed by atoms with Crippen molar-refractivity contribution in [2.75, 3.05) is 25.6 Å². The van der Waals surface area contributed by atoms with Crippen molar-refractivity contribution in [3.8, 4) is 0 Å². The zero-order valence-corrected chi connectivity index (χ0v) is 18.3. The number of hydrogen-bond acceptors (Lipinski definition) is 4. The normalized spacial score (nSPS) is 12.7. The summed E-state index contributed by atoms with van der Waals surface area (Å²) in [5.74, 6) is -0.683. The first kappa shape index (κ1) is 22.2. The second-order valence-electron chi connectivity index (χ2n) is 7.72. The van der Waals surface area contributed by atoms with Crippen LogP contribution in [0.4, 0.5) is 10.5 Å². The Balaban J connectivity index is 1.49. The Morgan fingerprint density at radius 1 is 0.879 bits per heavy atom. The highest BCUT2D eigenvalue weighted by Gasteiger charge is 2.35. The Labute approximate surface area is 192 Å². The molecular weight excluding hydrogens is 418 g/mol. The largest absolute Gasteiger partial charge is 0.385 e. The number of carbonyl (C=O) groups excluding carboxylic acids is 3. The molecule has 0 fully saturated rings. The molecule has 168 valence electrons. The van der Waals surface area contributed by atoms with Crippen molar-refractivity contribution in [2.24, 2.45) is 0 Å².